The molecule has 0 aliphatic carbocycles. The lowest BCUT2D eigenvalue weighted by molar-refractivity contribution is 0.598. The number of rotatable bonds is 2. The number of fused-ring (bicyclic) bond motifs is 1. The van der Waals surface area contributed by atoms with E-state index in [0.717, 1.165) is 35.6 Å². The van der Waals surface area contributed by atoms with Crippen LogP contribution in [0.5, 0.6) is 0 Å². The molecule has 1 saturated heterocycles. The summed E-state index contributed by atoms with van der Waals surface area (Å²) < 4.78 is 2.12. The van der Waals surface area contributed by atoms with Gasteiger partial charge in [-0.1, -0.05) is 0 Å². The fourth-order valence-corrected chi connectivity index (χ4v) is 2.81. The highest BCUT2D eigenvalue weighted by Gasteiger charge is 2.24. The molecule has 0 aromatic carbocycles. The van der Waals surface area contributed by atoms with Gasteiger partial charge in [-0.3, -0.25) is 9.55 Å². The molecular formula is C15H15N5. The predicted octanol–water partition coefficient (Wildman–Crippen LogP) is 2.24. The van der Waals surface area contributed by atoms with Crippen LogP contribution in [0.2, 0.25) is 0 Å². The number of hydrogen-bond acceptors (Lipinski definition) is 4. The number of imidazole rings is 1. The Bertz CT molecular complexity index is 728. The average molecular weight is 265 g/mol. The minimum Gasteiger partial charge on any atom is -0.307 e. The molecule has 100 valence electrons. The van der Waals surface area contributed by atoms with Crippen molar-refractivity contribution in [1.82, 2.24) is 24.8 Å². The summed E-state index contributed by atoms with van der Waals surface area (Å²) in [6, 6.07) is 8.21. The van der Waals surface area contributed by atoms with E-state index in [1.165, 1.54) is 6.42 Å². The van der Waals surface area contributed by atoms with Crippen LogP contribution in [-0.4, -0.2) is 26.1 Å². The molecule has 3 aromatic heterocycles. The molecule has 1 aliphatic heterocycles. The number of aromatic nitrogens is 4. The Hall–Kier alpha value is -2.27. The summed E-state index contributed by atoms with van der Waals surface area (Å²) in [5, 5.41) is 3.51. The van der Waals surface area contributed by atoms with Gasteiger partial charge in [0.25, 0.3) is 0 Å². The van der Waals surface area contributed by atoms with Gasteiger partial charge in [-0.2, -0.15) is 0 Å². The van der Waals surface area contributed by atoms with E-state index in [4.69, 9.17) is 4.98 Å². The summed E-state index contributed by atoms with van der Waals surface area (Å²) in [5.41, 5.74) is 2.83. The van der Waals surface area contributed by atoms with Crippen molar-refractivity contribution in [3.8, 4) is 5.69 Å². The quantitative estimate of drug-likeness (QED) is 0.772. The van der Waals surface area contributed by atoms with E-state index in [1.54, 1.807) is 6.20 Å². The molecule has 1 aliphatic rings. The lowest BCUT2D eigenvalue weighted by Crippen LogP contribution is -2.17. The van der Waals surface area contributed by atoms with E-state index in [9.17, 15) is 0 Å². The smallest absolute Gasteiger partial charge is 0.164 e. The molecule has 1 N–H and O–H groups in total. The maximum Gasteiger partial charge on any atom is 0.164 e. The Morgan fingerprint density at radius 1 is 1.20 bits per heavy atom. The molecule has 5 nitrogen and oxygen atoms in total. The molecule has 4 heterocycles. The van der Waals surface area contributed by atoms with Crippen LogP contribution < -0.4 is 5.32 Å². The fourth-order valence-electron chi connectivity index (χ4n) is 2.81. The van der Waals surface area contributed by atoms with Gasteiger partial charge in [0.15, 0.2) is 5.65 Å². The largest absolute Gasteiger partial charge is 0.307 e. The first-order valence-corrected chi connectivity index (χ1v) is 6.90. The van der Waals surface area contributed by atoms with Crippen LogP contribution in [0.4, 0.5) is 0 Å². The first-order chi connectivity index (χ1) is 9.93. The standard InChI is InChI=1S/C15H15N5/c1-4-11(10-16-7-1)20-14-13(6-3-9-18-14)19-15(20)12-5-2-8-17-12/h1,3-4,6-7,9-10,12,17H,2,5,8H2. The highest BCUT2D eigenvalue weighted by atomic mass is 15.2. The van der Waals surface area contributed by atoms with E-state index < -0.39 is 0 Å². The van der Waals surface area contributed by atoms with Gasteiger partial charge in [-0.15, -0.1) is 0 Å². The maximum absolute atomic E-state index is 4.78. The van der Waals surface area contributed by atoms with Gasteiger partial charge in [0, 0.05) is 12.4 Å². The SMILES string of the molecule is c1cncc(-n2c(C3CCCN3)nc3cccnc32)c1. The molecular weight excluding hydrogens is 250 g/mol. The highest BCUT2D eigenvalue weighted by molar-refractivity contribution is 5.73. The van der Waals surface area contributed by atoms with Crippen molar-refractivity contribution in [3.05, 3.63) is 48.7 Å². The van der Waals surface area contributed by atoms with Crippen LogP contribution in [0.25, 0.3) is 16.9 Å². The van der Waals surface area contributed by atoms with Crippen molar-refractivity contribution in [2.75, 3.05) is 6.54 Å². The molecule has 5 heteroatoms. The van der Waals surface area contributed by atoms with Gasteiger partial charge in [0.1, 0.15) is 11.3 Å². The zero-order valence-corrected chi connectivity index (χ0v) is 11.0. The summed E-state index contributed by atoms with van der Waals surface area (Å²) >= 11 is 0. The monoisotopic (exact) mass is 265 g/mol. The van der Waals surface area contributed by atoms with Gasteiger partial charge < -0.3 is 5.32 Å². The third-order valence-corrected chi connectivity index (χ3v) is 3.72. The molecule has 20 heavy (non-hydrogen) atoms. The van der Waals surface area contributed by atoms with Crippen LogP contribution in [-0.2, 0) is 0 Å². The van der Waals surface area contributed by atoms with Gasteiger partial charge in [0.05, 0.1) is 17.9 Å². The summed E-state index contributed by atoms with van der Waals surface area (Å²) in [4.78, 5) is 13.5. The Morgan fingerprint density at radius 2 is 2.15 bits per heavy atom. The maximum atomic E-state index is 4.78. The molecule has 1 atom stereocenters. The van der Waals surface area contributed by atoms with Crippen LogP contribution in [0, 0.1) is 0 Å². The molecule has 3 aromatic rings. The molecule has 0 radical (unpaired) electrons. The van der Waals surface area contributed by atoms with Crippen LogP contribution in [0.1, 0.15) is 24.7 Å². The van der Waals surface area contributed by atoms with E-state index in [1.807, 2.05) is 36.7 Å². The van der Waals surface area contributed by atoms with Crippen molar-refractivity contribution in [2.45, 2.75) is 18.9 Å². The van der Waals surface area contributed by atoms with Crippen LogP contribution in [0.15, 0.2) is 42.9 Å². The Kier molecular flexibility index (Phi) is 2.70. The van der Waals surface area contributed by atoms with Crippen molar-refractivity contribution < 1.29 is 0 Å². The van der Waals surface area contributed by atoms with Crippen LogP contribution in [0.3, 0.4) is 0 Å². The second kappa shape index (κ2) is 4.68. The first kappa shape index (κ1) is 11.5. The number of nitrogens with one attached hydrogen (secondary N) is 1. The molecule has 0 saturated carbocycles. The van der Waals surface area contributed by atoms with Gasteiger partial charge in [0.2, 0.25) is 0 Å². The second-order valence-electron chi connectivity index (χ2n) is 5.01. The normalized spacial score (nSPS) is 18.7. The molecule has 1 unspecified atom stereocenters. The zero-order valence-electron chi connectivity index (χ0n) is 11.0. The number of hydrogen-bond donors (Lipinski definition) is 1. The van der Waals surface area contributed by atoms with Crippen LogP contribution >= 0.6 is 0 Å². The lowest BCUT2D eigenvalue weighted by atomic mass is 10.2. The number of pyridine rings is 2. The minimum atomic E-state index is 0.296. The lowest BCUT2D eigenvalue weighted by Gasteiger charge is -2.13. The third kappa shape index (κ3) is 1.78. The molecule has 0 bridgehead atoms. The molecule has 0 spiro atoms. The van der Waals surface area contributed by atoms with E-state index in [2.05, 4.69) is 19.9 Å². The van der Waals surface area contributed by atoms with Crippen molar-refractivity contribution in [1.29, 1.82) is 0 Å². The summed E-state index contributed by atoms with van der Waals surface area (Å²) in [7, 11) is 0. The first-order valence-electron chi connectivity index (χ1n) is 6.90. The topological polar surface area (TPSA) is 55.6 Å². The van der Waals surface area contributed by atoms with Gasteiger partial charge in [-0.25, -0.2) is 9.97 Å². The third-order valence-electron chi connectivity index (χ3n) is 3.72. The predicted molar refractivity (Wildman–Crippen MR) is 76.6 cm³/mol. The average Bonchev–Trinajstić information content (AvgIpc) is 3.15. The highest BCUT2D eigenvalue weighted by Crippen LogP contribution is 2.28. The Balaban J connectivity index is 1.98. The van der Waals surface area contributed by atoms with E-state index in [-0.39, 0.29) is 0 Å². The molecule has 1 fully saturated rings. The summed E-state index contributed by atoms with van der Waals surface area (Å²) in [5.74, 6) is 1.03. The van der Waals surface area contributed by atoms with Crippen molar-refractivity contribution >= 4 is 11.2 Å². The zero-order chi connectivity index (χ0) is 13.4. The van der Waals surface area contributed by atoms with E-state index >= 15 is 0 Å². The Morgan fingerprint density at radius 3 is 2.95 bits per heavy atom. The van der Waals surface area contributed by atoms with E-state index in [0.29, 0.717) is 6.04 Å². The minimum absolute atomic E-state index is 0.296. The summed E-state index contributed by atoms with van der Waals surface area (Å²) in [6.45, 7) is 1.05. The van der Waals surface area contributed by atoms with Gasteiger partial charge in [-0.05, 0) is 43.7 Å². The molecule has 0 amide bonds. The second-order valence-corrected chi connectivity index (χ2v) is 5.01. The van der Waals surface area contributed by atoms with Crippen molar-refractivity contribution in [3.63, 3.8) is 0 Å². The Labute approximate surface area is 116 Å². The molecule has 4 rings (SSSR count). The number of nitrogens with zero attached hydrogens (tertiary/aromatic N) is 4. The summed E-state index contributed by atoms with van der Waals surface area (Å²) in [6.07, 6.45) is 7.75. The fraction of sp³-hybridized carbons (Fsp3) is 0.267. The van der Waals surface area contributed by atoms with Gasteiger partial charge >= 0.3 is 0 Å². The van der Waals surface area contributed by atoms with Crippen molar-refractivity contribution in [2.24, 2.45) is 0 Å².